The van der Waals surface area contributed by atoms with Gasteiger partial charge in [-0.05, 0) is 86.0 Å². The van der Waals surface area contributed by atoms with E-state index in [4.69, 9.17) is 5.73 Å². The van der Waals surface area contributed by atoms with Gasteiger partial charge in [0, 0.05) is 0 Å². The largest absolute Gasteiger partial charge is 0.392 e. The summed E-state index contributed by atoms with van der Waals surface area (Å²) in [6.07, 6.45) is 8.96. The molecule has 116 valence electrons. The highest BCUT2D eigenvalue weighted by Crippen LogP contribution is 2.66. The zero-order chi connectivity index (χ0) is 14.5. The van der Waals surface area contributed by atoms with Crippen LogP contribution in [0.25, 0.3) is 0 Å². The van der Waals surface area contributed by atoms with Crippen LogP contribution < -0.4 is 5.73 Å². The lowest BCUT2D eigenvalue weighted by molar-refractivity contribution is -0.167. The van der Waals surface area contributed by atoms with Crippen LogP contribution in [0.5, 0.6) is 0 Å². The fourth-order valence-electron chi connectivity index (χ4n) is 6.60. The first-order valence-electron chi connectivity index (χ1n) is 8.74. The number of hydrogen-bond donors (Lipinski definition) is 2. The minimum absolute atomic E-state index is 0.167. The van der Waals surface area contributed by atoms with Crippen LogP contribution in [0, 0.1) is 34.5 Å². The standard InChI is InChI=1S/C18H33NO/c1-12(2)4-15(10-19)16(20)18-8-13-5-14(9-18)7-17(3,6-13)11-18/h12-16,20H,4-11,19H2,1-3H3. The molecule has 0 heterocycles. The quantitative estimate of drug-likeness (QED) is 0.808. The Labute approximate surface area is 124 Å². The van der Waals surface area contributed by atoms with Crippen LogP contribution in [0.15, 0.2) is 0 Å². The Morgan fingerprint density at radius 1 is 1.15 bits per heavy atom. The fourth-order valence-corrected chi connectivity index (χ4v) is 6.60. The minimum atomic E-state index is -0.167. The van der Waals surface area contributed by atoms with E-state index in [9.17, 15) is 5.11 Å². The molecule has 4 unspecified atom stereocenters. The molecule has 20 heavy (non-hydrogen) atoms. The van der Waals surface area contributed by atoms with Gasteiger partial charge in [-0.3, -0.25) is 0 Å². The molecule has 0 saturated heterocycles. The molecule has 4 aliphatic carbocycles. The number of rotatable bonds is 5. The van der Waals surface area contributed by atoms with Crippen LogP contribution in [-0.4, -0.2) is 17.8 Å². The molecule has 4 fully saturated rings. The second-order valence-electron chi connectivity index (χ2n) is 9.20. The molecule has 2 nitrogen and oxygen atoms in total. The Hall–Kier alpha value is -0.0800. The van der Waals surface area contributed by atoms with Gasteiger partial charge >= 0.3 is 0 Å². The van der Waals surface area contributed by atoms with E-state index in [2.05, 4.69) is 20.8 Å². The number of aliphatic hydroxyl groups is 1. The number of hydrogen-bond acceptors (Lipinski definition) is 2. The normalized spacial score (nSPS) is 45.9. The van der Waals surface area contributed by atoms with Gasteiger partial charge in [-0.15, -0.1) is 0 Å². The topological polar surface area (TPSA) is 46.2 Å². The van der Waals surface area contributed by atoms with Gasteiger partial charge in [0.25, 0.3) is 0 Å². The van der Waals surface area contributed by atoms with Crippen molar-refractivity contribution in [1.29, 1.82) is 0 Å². The van der Waals surface area contributed by atoms with Crippen LogP contribution in [-0.2, 0) is 0 Å². The molecular formula is C18H33NO. The van der Waals surface area contributed by atoms with E-state index in [1.165, 1.54) is 38.5 Å². The third kappa shape index (κ3) is 2.43. The predicted molar refractivity (Wildman–Crippen MR) is 83.2 cm³/mol. The molecule has 0 spiro atoms. The van der Waals surface area contributed by atoms with Gasteiger partial charge in [0.15, 0.2) is 0 Å². The SMILES string of the molecule is CC(C)CC(CN)C(O)C12CC3CC(CC(C)(C3)C1)C2. The molecule has 2 heteroatoms. The van der Waals surface area contributed by atoms with Crippen molar-refractivity contribution in [3.8, 4) is 0 Å². The lowest BCUT2D eigenvalue weighted by Gasteiger charge is -2.63. The first-order valence-corrected chi connectivity index (χ1v) is 8.74. The van der Waals surface area contributed by atoms with E-state index in [1.807, 2.05) is 0 Å². The number of aliphatic hydroxyl groups excluding tert-OH is 1. The summed E-state index contributed by atoms with van der Waals surface area (Å²) in [5.74, 6) is 2.69. The summed E-state index contributed by atoms with van der Waals surface area (Å²) in [4.78, 5) is 0. The van der Waals surface area contributed by atoms with Crippen molar-refractivity contribution < 1.29 is 5.11 Å². The number of nitrogens with two attached hydrogens (primary N) is 1. The van der Waals surface area contributed by atoms with E-state index in [0.717, 1.165) is 18.3 Å². The lowest BCUT2D eigenvalue weighted by Crippen LogP contribution is -2.57. The van der Waals surface area contributed by atoms with Crippen LogP contribution in [0.4, 0.5) is 0 Å². The predicted octanol–water partition coefficient (Wildman–Crippen LogP) is 3.57. The summed E-state index contributed by atoms with van der Waals surface area (Å²) in [6.45, 7) is 7.62. The monoisotopic (exact) mass is 279 g/mol. The van der Waals surface area contributed by atoms with Crippen molar-refractivity contribution in [3.05, 3.63) is 0 Å². The van der Waals surface area contributed by atoms with E-state index in [0.29, 0.717) is 23.8 Å². The third-order valence-electron chi connectivity index (χ3n) is 6.55. The summed E-state index contributed by atoms with van der Waals surface area (Å²) in [5, 5.41) is 11.2. The molecule has 4 saturated carbocycles. The Morgan fingerprint density at radius 2 is 1.75 bits per heavy atom. The van der Waals surface area contributed by atoms with E-state index >= 15 is 0 Å². The Morgan fingerprint density at radius 3 is 2.20 bits per heavy atom. The summed E-state index contributed by atoms with van der Waals surface area (Å²) < 4.78 is 0. The van der Waals surface area contributed by atoms with Crippen molar-refractivity contribution in [2.24, 2.45) is 40.2 Å². The first-order chi connectivity index (χ1) is 9.36. The molecule has 3 N–H and O–H groups in total. The minimum Gasteiger partial charge on any atom is -0.392 e. The smallest absolute Gasteiger partial charge is 0.0637 e. The highest BCUT2D eigenvalue weighted by atomic mass is 16.3. The molecule has 0 aromatic rings. The van der Waals surface area contributed by atoms with Crippen molar-refractivity contribution in [2.45, 2.75) is 71.8 Å². The van der Waals surface area contributed by atoms with Crippen molar-refractivity contribution >= 4 is 0 Å². The average molecular weight is 279 g/mol. The van der Waals surface area contributed by atoms with Gasteiger partial charge in [-0.1, -0.05) is 20.8 Å². The zero-order valence-corrected chi connectivity index (χ0v) is 13.6. The van der Waals surface area contributed by atoms with Gasteiger partial charge in [0.05, 0.1) is 6.10 Å². The molecule has 0 aliphatic heterocycles. The molecule has 0 amide bonds. The second-order valence-corrected chi connectivity index (χ2v) is 9.20. The van der Waals surface area contributed by atoms with Gasteiger partial charge in [0.2, 0.25) is 0 Å². The summed E-state index contributed by atoms with van der Waals surface area (Å²) in [5.41, 5.74) is 6.74. The fraction of sp³-hybridized carbons (Fsp3) is 1.00. The second kappa shape index (κ2) is 4.98. The highest BCUT2D eigenvalue weighted by molar-refractivity contribution is 5.09. The average Bonchev–Trinajstić information content (AvgIpc) is 2.31. The Bertz CT molecular complexity index is 350. The summed E-state index contributed by atoms with van der Waals surface area (Å²) >= 11 is 0. The van der Waals surface area contributed by atoms with Crippen LogP contribution >= 0.6 is 0 Å². The van der Waals surface area contributed by atoms with E-state index < -0.39 is 0 Å². The Kier molecular flexibility index (Phi) is 3.70. The van der Waals surface area contributed by atoms with Crippen molar-refractivity contribution in [2.75, 3.05) is 6.54 Å². The molecular weight excluding hydrogens is 246 g/mol. The van der Waals surface area contributed by atoms with Gasteiger partial charge < -0.3 is 10.8 Å². The van der Waals surface area contributed by atoms with Crippen LogP contribution in [0.2, 0.25) is 0 Å². The summed E-state index contributed by atoms with van der Waals surface area (Å²) in [7, 11) is 0. The molecule has 0 aromatic carbocycles. The maximum absolute atomic E-state index is 11.2. The molecule has 0 radical (unpaired) electrons. The molecule has 4 atom stereocenters. The van der Waals surface area contributed by atoms with Crippen LogP contribution in [0.3, 0.4) is 0 Å². The maximum Gasteiger partial charge on any atom is 0.0637 e. The molecule has 4 rings (SSSR count). The van der Waals surface area contributed by atoms with Crippen molar-refractivity contribution in [3.63, 3.8) is 0 Å². The third-order valence-corrected chi connectivity index (χ3v) is 6.55. The van der Waals surface area contributed by atoms with Crippen molar-refractivity contribution in [1.82, 2.24) is 0 Å². The maximum atomic E-state index is 11.2. The van der Waals surface area contributed by atoms with Gasteiger partial charge in [-0.2, -0.15) is 0 Å². The first kappa shape index (κ1) is 14.8. The highest BCUT2D eigenvalue weighted by Gasteiger charge is 2.58. The zero-order valence-electron chi connectivity index (χ0n) is 13.6. The van der Waals surface area contributed by atoms with Gasteiger partial charge in [0.1, 0.15) is 0 Å². The lowest BCUT2D eigenvalue weighted by atomic mass is 9.42. The molecule has 4 aliphatic rings. The van der Waals surface area contributed by atoms with Crippen LogP contribution in [0.1, 0.15) is 65.7 Å². The van der Waals surface area contributed by atoms with E-state index in [1.54, 1.807) is 0 Å². The van der Waals surface area contributed by atoms with E-state index in [-0.39, 0.29) is 11.5 Å². The van der Waals surface area contributed by atoms with Gasteiger partial charge in [-0.25, -0.2) is 0 Å². The summed E-state index contributed by atoms with van der Waals surface area (Å²) in [6, 6.07) is 0. The molecule has 4 bridgehead atoms. The Balaban J connectivity index is 1.81. The molecule has 0 aromatic heterocycles.